The van der Waals surface area contributed by atoms with Crippen molar-refractivity contribution in [1.29, 1.82) is 0 Å². The summed E-state index contributed by atoms with van der Waals surface area (Å²) in [6.45, 7) is 8.55. The van der Waals surface area contributed by atoms with Gasteiger partial charge in [-0.3, -0.25) is 14.2 Å². The smallest absolute Gasteiger partial charge is 0.341 e. The minimum Gasteiger partial charge on any atom is -0.341 e. The van der Waals surface area contributed by atoms with Crippen molar-refractivity contribution in [3.63, 3.8) is 0 Å². The Kier molecular flexibility index (Phi) is 6.22. The number of hydrogen-bond acceptors (Lipinski definition) is 4. The molecule has 0 N–H and O–H groups in total. The molecule has 2 atom stereocenters. The number of fused-ring (bicyclic) bond motifs is 1. The van der Waals surface area contributed by atoms with E-state index in [1.807, 2.05) is 0 Å². The van der Waals surface area contributed by atoms with Crippen molar-refractivity contribution < 1.29 is 18.0 Å². The third-order valence-corrected chi connectivity index (χ3v) is 7.63. The van der Waals surface area contributed by atoms with Gasteiger partial charge in [-0.05, 0) is 55.9 Å². The van der Waals surface area contributed by atoms with Crippen molar-refractivity contribution in [2.75, 3.05) is 13.1 Å². The Morgan fingerprint density at radius 3 is 2.38 bits per heavy atom. The maximum absolute atomic E-state index is 13.5. The number of benzene rings is 1. The Balaban J connectivity index is 1.90. The lowest BCUT2D eigenvalue weighted by Gasteiger charge is -2.35. The van der Waals surface area contributed by atoms with Crippen LogP contribution in [0.25, 0.3) is 15.9 Å². The zero-order chi connectivity index (χ0) is 24.9. The molecule has 34 heavy (non-hydrogen) atoms. The number of aryl methyl sites for hydroxylation is 2. The van der Waals surface area contributed by atoms with Gasteiger partial charge >= 0.3 is 11.9 Å². The van der Waals surface area contributed by atoms with Gasteiger partial charge < -0.3 is 4.90 Å². The van der Waals surface area contributed by atoms with E-state index < -0.39 is 23.0 Å². The van der Waals surface area contributed by atoms with Crippen LogP contribution >= 0.6 is 11.3 Å². The van der Waals surface area contributed by atoms with Crippen molar-refractivity contribution in [2.24, 2.45) is 11.8 Å². The molecule has 3 aromatic rings. The SMILES string of the molecule is Cc1sc2c(c1C)c(=O)n(-c1cccc(C(F)(F)F)c1)c(=O)n2CC(=O)N1C[C@@H](C)C[C@H](C)C1. The van der Waals surface area contributed by atoms with Crippen LogP contribution in [0.5, 0.6) is 0 Å². The number of carbonyl (C=O) groups excluding carboxylic acids is 1. The molecule has 3 heterocycles. The van der Waals surface area contributed by atoms with Crippen molar-refractivity contribution >= 4 is 27.5 Å². The fourth-order valence-electron chi connectivity index (χ4n) is 4.75. The van der Waals surface area contributed by atoms with E-state index in [2.05, 4.69) is 13.8 Å². The Bertz CT molecular complexity index is 1380. The number of likely N-dealkylation sites (tertiary alicyclic amines) is 1. The second-order valence-electron chi connectivity index (χ2n) is 9.27. The van der Waals surface area contributed by atoms with Gasteiger partial charge in [-0.1, -0.05) is 19.9 Å². The van der Waals surface area contributed by atoms with Crippen LogP contribution in [0.1, 0.15) is 36.3 Å². The van der Waals surface area contributed by atoms with Gasteiger partial charge in [0, 0.05) is 18.0 Å². The summed E-state index contributed by atoms with van der Waals surface area (Å²) in [5, 5.41) is 0.243. The number of aromatic nitrogens is 2. The van der Waals surface area contributed by atoms with E-state index in [1.54, 1.807) is 18.7 Å². The summed E-state index contributed by atoms with van der Waals surface area (Å²) in [6.07, 6.45) is -3.62. The zero-order valence-electron chi connectivity index (χ0n) is 19.4. The number of alkyl halides is 3. The average molecular weight is 494 g/mol. The number of carbonyl (C=O) groups is 1. The fraction of sp³-hybridized carbons (Fsp3) is 0.458. The summed E-state index contributed by atoms with van der Waals surface area (Å²) in [4.78, 5) is 43.0. The van der Waals surface area contributed by atoms with Gasteiger partial charge in [-0.15, -0.1) is 11.3 Å². The number of halogens is 3. The van der Waals surface area contributed by atoms with Gasteiger partial charge in [0.2, 0.25) is 5.91 Å². The van der Waals surface area contributed by atoms with E-state index in [-0.39, 0.29) is 23.5 Å². The van der Waals surface area contributed by atoms with Gasteiger partial charge in [0.25, 0.3) is 5.56 Å². The summed E-state index contributed by atoms with van der Waals surface area (Å²) in [7, 11) is 0. The maximum atomic E-state index is 13.5. The monoisotopic (exact) mass is 493 g/mol. The molecule has 4 rings (SSSR count). The lowest BCUT2D eigenvalue weighted by Crippen LogP contribution is -2.46. The van der Waals surface area contributed by atoms with E-state index in [0.29, 0.717) is 35.3 Å². The molecule has 1 aromatic carbocycles. The molecule has 0 bridgehead atoms. The zero-order valence-corrected chi connectivity index (χ0v) is 20.2. The number of piperidine rings is 1. The molecule has 2 aromatic heterocycles. The van der Waals surface area contributed by atoms with Gasteiger partial charge in [0.05, 0.1) is 16.6 Å². The molecule has 1 fully saturated rings. The number of nitrogens with zero attached hydrogens (tertiary/aromatic N) is 3. The van der Waals surface area contributed by atoms with Crippen LogP contribution in [0.15, 0.2) is 33.9 Å². The number of rotatable bonds is 3. The Labute approximate surface area is 198 Å². The Hall–Kier alpha value is -2.88. The number of amides is 1. The minimum absolute atomic E-state index is 0.184. The summed E-state index contributed by atoms with van der Waals surface area (Å²) >= 11 is 1.23. The first-order valence-corrected chi connectivity index (χ1v) is 11.9. The fourth-order valence-corrected chi connectivity index (χ4v) is 5.89. The highest BCUT2D eigenvalue weighted by atomic mass is 32.1. The van der Waals surface area contributed by atoms with E-state index in [9.17, 15) is 27.6 Å². The van der Waals surface area contributed by atoms with Crippen molar-refractivity contribution in [2.45, 2.75) is 46.8 Å². The van der Waals surface area contributed by atoms with Gasteiger partial charge in [0.1, 0.15) is 11.4 Å². The summed E-state index contributed by atoms with van der Waals surface area (Å²) in [5.41, 5.74) is -2.02. The van der Waals surface area contributed by atoms with Gasteiger partial charge in [-0.25, -0.2) is 9.36 Å². The molecule has 0 aliphatic carbocycles. The van der Waals surface area contributed by atoms with Crippen LogP contribution in [-0.4, -0.2) is 33.0 Å². The van der Waals surface area contributed by atoms with Crippen LogP contribution in [0.4, 0.5) is 13.2 Å². The molecule has 1 amide bonds. The third kappa shape index (κ3) is 4.31. The topological polar surface area (TPSA) is 64.3 Å². The van der Waals surface area contributed by atoms with Gasteiger partial charge in [0.15, 0.2) is 0 Å². The molecule has 0 saturated carbocycles. The average Bonchev–Trinajstić information content (AvgIpc) is 3.04. The standard InChI is InChI=1S/C24H26F3N3O3S/c1-13-8-14(2)11-28(10-13)19(31)12-29-22-20(15(3)16(4)34-22)21(32)30(23(29)33)18-7-5-6-17(9-18)24(25,26)27/h5-7,9,13-14H,8,10-12H2,1-4H3/t13-,14-/m0/s1. The second-order valence-corrected chi connectivity index (χ2v) is 10.5. The maximum Gasteiger partial charge on any atom is 0.416 e. The minimum atomic E-state index is -4.63. The predicted octanol–water partition coefficient (Wildman–Crippen LogP) is 4.35. The summed E-state index contributed by atoms with van der Waals surface area (Å²) < 4.78 is 41.9. The molecule has 1 aliphatic heterocycles. The lowest BCUT2D eigenvalue weighted by atomic mass is 9.92. The second kappa shape index (κ2) is 8.72. The van der Waals surface area contributed by atoms with Crippen LogP contribution in [0, 0.1) is 25.7 Å². The quantitative estimate of drug-likeness (QED) is 0.545. The van der Waals surface area contributed by atoms with E-state index in [0.717, 1.165) is 34.1 Å². The Morgan fingerprint density at radius 2 is 1.76 bits per heavy atom. The molecule has 6 nitrogen and oxygen atoms in total. The summed E-state index contributed by atoms with van der Waals surface area (Å²) in [5.74, 6) is 0.407. The number of hydrogen-bond donors (Lipinski definition) is 0. The van der Waals surface area contributed by atoms with E-state index >= 15 is 0 Å². The van der Waals surface area contributed by atoms with Crippen LogP contribution in [-0.2, 0) is 17.5 Å². The van der Waals surface area contributed by atoms with E-state index in [4.69, 9.17) is 0 Å². The lowest BCUT2D eigenvalue weighted by molar-refractivity contribution is -0.137. The van der Waals surface area contributed by atoms with Crippen molar-refractivity contribution in [3.05, 3.63) is 61.1 Å². The first kappa shape index (κ1) is 24.3. The van der Waals surface area contributed by atoms with E-state index in [1.165, 1.54) is 22.0 Å². The molecule has 0 radical (unpaired) electrons. The largest absolute Gasteiger partial charge is 0.416 e. The van der Waals surface area contributed by atoms with Gasteiger partial charge in [-0.2, -0.15) is 13.2 Å². The highest BCUT2D eigenvalue weighted by Gasteiger charge is 2.31. The predicted molar refractivity (Wildman–Crippen MR) is 126 cm³/mol. The highest BCUT2D eigenvalue weighted by molar-refractivity contribution is 7.18. The molecule has 10 heteroatoms. The third-order valence-electron chi connectivity index (χ3n) is 6.40. The molecule has 0 spiro atoms. The molecular formula is C24H26F3N3O3S. The first-order chi connectivity index (χ1) is 15.9. The molecule has 182 valence electrons. The van der Waals surface area contributed by atoms with Crippen LogP contribution < -0.4 is 11.2 Å². The van der Waals surface area contributed by atoms with Crippen molar-refractivity contribution in [1.82, 2.24) is 14.0 Å². The molecular weight excluding hydrogens is 467 g/mol. The van der Waals surface area contributed by atoms with Crippen molar-refractivity contribution in [3.8, 4) is 5.69 Å². The number of thiophene rings is 1. The molecule has 1 aliphatic rings. The molecule has 0 unspecified atom stereocenters. The molecule has 1 saturated heterocycles. The highest BCUT2D eigenvalue weighted by Crippen LogP contribution is 2.31. The van der Waals surface area contributed by atoms with Crippen LogP contribution in [0.2, 0.25) is 0 Å². The first-order valence-electron chi connectivity index (χ1n) is 11.1. The summed E-state index contributed by atoms with van der Waals surface area (Å²) in [6, 6.07) is 4.11. The Morgan fingerprint density at radius 1 is 1.12 bits per heavy atom. The normalized spacial score (nSPS) is 19.1. The van der Waals surface area contributed by atoms with Crippen LogP contribution in [0.3, 0.4) is 0 Å².